The van der Waals surface area contributed by atoms with Crippen molar-refractivity contribution in [2.24, 2.45) is 5.92 Å². The van der Waals surface area contributed by atoms with Crippen molar-refractivity contribution in [3.05, 3.63) is 0 Å². The molecule has 1 aliphatic heterocycles. The van der Waals surface area contributed by atoms with Crippen LogP contribution in [0, 0.1) is 5.92 Å². The lowest BCUT2D eigenvalue weighted by Crippen LogP contribution is -2.39. The first kappa shape index (κ1) is 12.3. The number of rotatable bonds is 5. The molecule has 0 bridgehead atoms. The standard InChI is InChI=1S/C11H22N2O2S/c14-16(15,9-10-4-1-2-5-10)13-8-11-6-3-7-12-11/h10-13H,1-9H2/t11-/m1/s1. The average molecular weight is 246 g/mol. The first-order valence-electron chi connectivity index (χ1n) is 6.36. The molecule has 0 spiro atoms. The largest absolute Gasteiger partial charge is 0.313 e. The van der Waals surface area contributed by atoms with Crippen LogP contribution in [-0.2, 0) is 10.0 Å². The summed E-state index contributed by atoms with van der Waals surface area (Å²) in [4.78, 5) is 0. The van der Waals surface area contributed by atoms with Crippen molar-refractivity contribution < 1.29 is 8.42 Å². The van der Waals surface area contributed by atoms with Crippen LogP contribution in [0.1, 0.15) is 38.5 Å². The molecule has 2 aliphatic rings. The first-order chi connectivity index (χ1) is 7.66. The Kier molecular flexibility index (Phi) is 4.21. The van der Waals surface area contributed by atoms with E-state index in [2.05, 4.69) is 10.0 Å². The number of hydrogen-bond donors (Lipinski definition) is 2. The molecule has 2 fully saturated rings. The Morgan fingerprint density at radius 2 is 1.88 bits per heavy atom. The van der Waals surface area contributed by atoms with Gasteiger partial charge < -0.3 is 5.32 Å². The third-order valence-corrected chi connectivity index (χ3v) is 5.16. The summed E-state index contributed by atoms with van der Waals surface area (Å²) in [6, 6.07) is 0.346. The second-order valence-electron chi connectivity index (χ2n) is 5.07. The van der Waals surface area contributed by atoms with Crippen LogP contribution in [0.4, 0.5) is 0 Å². The van der Waals surface area contributed by atoms with E-state index in [1.54, 1.807) is 0 Å². The highest BCUT2D eigenvalue weighted by molar-refractivity contribution is 7.89. The summed E-state index contributed by atoms with van der Waals surface area (Å²) in [6.07, 6.45) is 6.82. The van der Waals surface area contributed by atoms with Crippen LogP contribution < -0.4 is 10.0 Å². The fourth-order valence-corrected chi connectivity index (χ4v) is 4.23. The van der Waals surface area contributed by atoms with E-state index >= 15 is 0 Å². The molecule has 1 aliphatic carbocycles. The Balaban J connectivity index is 1.73. The van der Waals surface area contributed by atoms with Gasteiger partial charge in [0.25, 0.3) is 0 Å². The lowest BCUT2D eigenvalue weighted by atomic mass is 10.1. The average Bonchev–Trinajstić information content (AvgIpc) is 2.85. The molecule has 2 rings (SSSR count). The summed E-state index contributed by atoms with van der Waals surface area (Å²) >= 11 is 0. The van der Waals surface area contributed by atoms with Crippen molar-refractivity contribution in [1.82, 2.24) is 10.0 Å². The van der Waals surface area contributed by atoms with Crippen molar-refractivity contribution in [3.8, 4) is 0 Å². The Labute approximate surface area is 98.2 Å². The van der Waals surface area contributed by atoms with Crippen molar-refractivity contribution in [2.45, 2.75) is 44.6 Å². The zero-order valence-electron chi connectivity index (χ0n) is 9.74. The summed E-state index contributed by atoms with van der Waals surface area (Å²) in [5.41, 5.74) is 0. The smallest absolute Gasteiger partial charge is 0.211 e. The Hall–Kier alpha value is -0.130. The second kappa shape index (κ2) is 5.47. The molecule has 0 aromatic rings. The summed E-state index contributed by atoms with van der Waals surface area (Å²) in [5.74, 6) is 0.730. The van der Waals surface area contributed by atoms with Crippen LogP contribution in [0.25, 0.3) is 0 Å². The molecule has 1 atom stereocenters. The fourth-order valence-electron chi connectivity index (χ4n) is 2.70. The molecule has 4 nitrogen and oxygen atoms in total. The van der Waals surface area contributed by atoms with Gasteiger partial charge in [0, 0.05) is 12.6 Å². The van der Waals surface area contributed by atoms with Crippen LogP contribution in [-0.4, -0.2) is 33.3 Å². The Bertz CT molecular complexity index is 304. The minimum Gasteiger partial charge on any atom is -0.313 e. The number of hydrogen-bond acceptors (Lipinski definition) is 3. The topological polar surface area (TPSA) is 58.2 Å². The maximum Gasteiger partial charge on any atom is 0.211 e. The molecule has 5 heteroatoms. The maximum atomic E-state index is 11.8. The minimum atomic E-state index is -3.04. The predicted molar refractivity (Wildman–Crippen MR) is 64.8 cm³/mol. The van der Waals surface area contributed by atoms with Gasteiger partial charge >= 0.3 is 0 Å². The van der Waals surface area contributed by atoms with E-state index in [0.29, 0.717) is 24.3 Å². The summed E-state index contributed by atoms with van der Waals surface area (Å²) in [7, 11) is -3.04. The molecule has 0 aromatic heterocycles. The van der Waals surface area contributed by atoms with Gasteiger partial charge in [0.1, 0.15) is 0 Å². The van der Waals surface area contributed by atoms with Gasteiger partial charge in [-0.05, 0) is 38.1 Å². The van der Waals surface area contributed by atoms with Gasteiger partial charge in [0.05, 0.1) is 5.75 Å². The highest BCUT2D eigenvalue weighted by atomic mass is 32.2. The van der Waals surface area contributed by atoms with Crippen LogP contribution >= 0.6 is 0 Å². The summed E-state index contributed by atoms with van der Waals surface area (Å²) in [5, 5.41) is 3.30. The normalized spacial score (nSPS) is 27.6. The van der Waals surface area contributed by atoms with Gasteiger partial charge in [-0.3, -0.25) is 0 Å². The highest BCUT2D eigenvalue weighted by Crippen LogP contribution is 2.25. The zero-order chi connectivity index (χ0) is 11.4. The molecule has 2 N–H and O–H groups in total. The van der Waals surface area contributed by atoms with Crippen LogP contribution in [0.2, 0.25) is 0 Å². The lowest BCUT2D eigenvalue weighted by molar-refractivity contribution is 0.531. The van der Waals surface area contributed by atoms with Gasteiger partial charge in [0.15, 0.2) is 0 Å². The van der Waals surface area contributed by atoms with Gasteiger partial charge in [-0.15, -0.1) is 0 Å². The molecule has 1 saturated carbocycles. The fraction of sp³-hybridized carbons (Fsp3) is 1.00. The van der Waals surface area contributed by atoms with Crippen molar-refractivity contribution in [1.29, 1.82) is 0 Å². The third kappa shape index (κ3) is 3.71. The van der Waals surface area contributed by atoms with E-state index < -0.39 is 10.0 Å². The lowest BCUT2D eigenvalue weighted by Gasteiger charge is -2.14. The highest BCUT2D eigenvalue weighted by Gasteiger charge is 2.23. The van der Waals surface area contributed by atoms with Gasteiger partial charge in [-0.2, -0.15) is 0 Å². The van der Waals surface area contributed by atoms with E-state index in [-0.39, 0.29) is 0 Å². The monoisotopic (exact) mass is 246 g/mol. The molecular weight excluding hydrogens is 224 g/mol. The van der Waals surface area contributed by atoms with Gasteiger partial charge in [-0.1, -0.05) is 12.8 Å². The SMILES string of the molecule is O=S(=O)(CC1CCCC1)NC[C@H]1CCCN1. The third-order valence-electron chi connectivity index (χ3n) is 3.64. The minimum absolute atomic E-state index is 0.333. The summed E-state index contributed by atoms with van der Waals surface area (Å²) < 4.78 is 26.3. The predicted octanol–water partition coefficient (Wildman–Crippen LogP) is 0.848. The molecule has 0 radical (unpaired) electrons. The first-order valence-corrected chi connectivity index (χ1v) is 8.02. The molecule has 16 heavy (non-hydrogen) atoms. The van der Waals surface area contributed by atoms with Crippen molar-refractivity contribution >= 4 is 10.0 Å². The molecule has 0 amide bonds. The number of nitrogens with one attached hydrogen (secondary N) is 2. The van der Waals surface area contributed by atoms with Crippen molar-refractivity contribution in [2.75, 3.05) is 18.8 Å². The van der Waals surface area contributed by atoms with Crippen LogP contribution in [0.5, 0.6) is 0 Å². The Morgan fingerprint density at radius 1 is 1.12 bits per heavy atom. The molecular formula is C11H22N2O2S. The van der Waals surface area contributed by atoms with E-state index in [1.807, 2.05) is 0 Å². The maximum absolute atomic E-state index is 11.8. The van der Waals surface area contributed by atoms with E-state index in [1.165, 1.54) is 12.8 Å². The zero-order valence-corrected chi connectivity index (χ0v) is 10.6. The van der Waals surface area contributed by atoms with Gasteiger partial charge in [-0.25, -0.2) is 13.1 Å². The van der Waals surface area contributed by atoms with Crippen LogP contribution in [0.3, 0.4) is 0 Å². The quantitative estimate of drug-likeness (QED) is 0.756. The number of sulfonamides is 1. The molecule has 94 valence electrons. The van der Waals surface area contributed by atoms with E-state index in [9.17, 15) is 8.42 Å². The van der Waals surface area contributed by atoms with Crippen molar-refractivity contribution in [3.63, 3.8) is 0 Å². The second-order valence-corrected chi connectivity index (χ2v) is 6.93. The Morgan fingerprint density at radius 3 is 2.50 bits per heavy atom. The molecule has 0 unspecified atom stereocenters. The molecule has 1 saturated heterocycles. The van der Waals surface area contributed by atoms with Crippen LogP contribution in [0.15, 0.2) is 0 Å². The summed E-state index contributed by atoms with van der Waals surface area (Å²) in [6.45, 7) is 1.59. The van der Waals surface area contributed by atoms with E-state index in [0.717, 1.165) is 32.2 Å². The van der Waals surface area contributed by atoms with Gasteiger partial charge in [0.2, 0.25) is 10.0 Å². The molecule has 1 heterocycles. The molecule has 0 aromatic carbocycles. The van der Waals surface area contributed by atoms with E-state index in [4.69, 9.17) is 0 Å².